The molecule has 4 nitrogen and oxygen atoms in total. The monoisotopic (exact) mass is 280 g/mol. The van der Waals surface area contributed by atoms with Gasteiger partial charge in [0.2, 0.25) is 0 Å². The minimum absolute atomic E-state index is 0.187. The molecular weight excluding hydrogens is 267 g/mol. The van der Waals surface area contributed by atoms with Gasteiger partial charge in [0.1, 0.15) is 23.3 Å². The SMILES string of the molecule is CCc1nc(N)c(C)c(Nc2c(F)cccc2Cl)n1. The smallest absolute Gasteiger partial charge is 0.148 e. The van der Waals surface area contributed by atoms with Crippen LogP contribution in [0.2, 0.25) is 5.02 Å². The summed E-state index contributed by atoms with van der Waals surface area (Å²) in [4.78, 5) is 8.44. The third kappa shape index (κ3) is 2.76. The highest BCUT2D eigenvalue weighted by molar-refractivity contribution is 6.33. The Bertz CT molecular complexity index is 596. The number of para-hydroxylation sites is 1. The van der Waals surface area contributed by atoms with Crippen LogP contribution in [-0.4, -0.2) is 9.97 Å². The molecule has 2 aromatic rings. The van der Waals surface area contributed by atoms with Crippen molar-refractivity contribution in [3.05, 3.63) is 40.4 Å². The number of nitrogen functional groups attached to an aromatic ring is 1. The van der Waals surface area contributed by atoms with Crippen molar-refractivity contribution in [1.82, 2.24) is 9.97 Å². The minimum Gasteiger partial charge on any atom is -0.383 e. The molecule has 1 heterocycles. The Balaban J connectivity index is 2.46. The molecule has 0 aliphatic rings. The van der Waals surface area contributed by atoms with Crippen molar-refractivity contribution in [3.63, 3.8) is 0 Å². The van der Waals surface area contributed by atoms with Crippen molar-refractivity contribution in [1.29, 1.82) is 0 Å². The summed E-state index contributed by atoms with van der Waals surface area (Å²) < 4.78 is 13.7. The van der Waals surface area contributed by atoms with Crippen molar-refractivity contribution in [3.8, 4) is 0 Å². The molecule has 0 fully saturated rings. The van der Waals surface area contributed by atoms with Gasteiger partial charge < -0.3 is 11.1 Å². The van der Waals surface area contributed by atoms with Crippen LogP contribution in [0.15, 0.2) is 18.2 Å². The molecular formula is C13H14ClFN4. The fourth-order valence-electron chi connectivity index (χ4n) is 1.60. The predicted octanol–water partition coefficient (Wildman–Crippen LogP) is 3.47. The highest BCUT2D eigenvalue weighted by Crippen LogP contribution is 2.29. The molecule has 0 spiro atoms. The van der Waals surface area contributed by atoms with Gasteiger partial charge in [-0.05, 0) is 19.1 Å². The molecule has 0 saturated heterocycles. The van der Waals surface area contributed by atoms with E-state index in [1.165, 1.54) is 6.07 Å². The molecule has 6 heteroatoms. The highest BCUT2D eigenvalue weighted by Gasteiger charge is 2.12. The average Bonchev–Trinajstić information content (AvgIpc) is 2.38. The van der Waals surface area contributed by atoms with E-state index in [2.05, 4.69) is 15.3 Å². The molecule has 19 heavy (non-hydrogen) atoms. The second-order valence-electron chi connectivity index (χ2n) is 4.07. The van der Waals surface area contributed by atoms with E-state index in [1.807, 2.05) is 6.92 Å². The van der Waals surface area contributed by atoms with Crippen LogP contribution in [0, 0.1) is 12.7 Å². The Morgan fingerprint density at radius 1 is 1.37 bits per heavy atom. The maximum atomic E-state index is 13.7. The largest absolute Gasteiger partial charge is 0.383 e. The molecule has 0 bridgehead atoms. The lowest BCUT2D eigenvalue weighted by Crippen LogP contribution is -2.07. The van der Waals surface area contributed by atoms with Gasteiger partial charge in [0.25, 0.3) is 0 Å². The van der Waals surface area contributed by atoms with E-state index in [-0.39, 0.29) is 10.7 Å². The number of rotatable bonds is 3. The molecule has 3 N–H and O–H groups in total. The number of aryl methyl sites for hydroxylation is 1. The van der Waals surface area contributed by atoms with Crippen molar-refractivity contribution in [2.75, 3.05) is 11.1 Å². The zero-order valence-electron chi connectivity index (χ0n) is 10.7. The number of nitrogens with zero attached hydrogens (tertiary/aromatic N) is 2. The first-order chi connectivity index (χ1) is 9.02. The van der Waals surface area contributed by atoms with Gasteiger partial charge in [-0.15, -0.1) is 0 Å². The number of hydrogen-bond acceptors (Lipinski definition) is 4. The molecule has 1 aromatic heterocycles. The van der Waals surface area contributed by atoms with Crippen LogP contribution >= 0.6 is 11.6 Å². The number of benzene rings is 1. The maximum absolute atomic E-state index is 13.7. The molecule has 0 aliphatic heterocycles. The summed E-state index contributed by atoms with van der Waals surface area (Å²) in [5.41, 5.74) is 6.66. The Morgan fingerprint density at radius 2 is 2.11 bits per heavy atom. The Hall–Kier alpha value is -1.88. The Morgan fingerprint density at radius 3 is 2.74 bits per heavy atom. The van der Waals surface area contributed by atoms with Crippen LogP contribution in [-0.2, 0) is 6.42 Å². The van der Waals surface area contributed by atoms with E-state index in [0.29, 0.717) is 29.4 Å². The number of nitrogens with two attached hydrogens (primary N) is 1. The predicted molar refractivity (Wildman–Crippen MR) is 75.3 cm³/mol. The second-order valence-corrected chi connectivity index (χ2v) is 4.48. The summed E-state index contributed by atoms with van der Waals surface area (Å²) in [6.07, 6.45) is 0.643. The van der Waals surface area contributed by atoms with Crippen LogP contribution in [0.3, 0.4) is 0 Å². The third-order valence-corrected chi connectivity index (χ3v) is 3.07. The quantitative estimate of drug-likeness (QED) is 0.904. The van der Waals surface area contributed by atoms with Gasteiger partial charge in [-0.25, -0.2) is 14.4 Å². The first-order valence-electron chi connectivity index (χ1n) is 5.87. The average molecular weight is 281 g/mol. The Labute approximate surface area is 115 Å². The molecule has 0 radical (unpaired) electrons. The van der Waals surface area contributed by atoms with E-state index in [1.54, 1.807) is 19.1 Å². The zero-order valence-corrected chi connectivity index (χ0v) is 11.4. The summed E-state index contributed by atoms with van der Waals surface area (Å²) in [5.74, 6) is 0.998. The number of anilines is 3. The first kappa shape index (κ1) is 13.5. The summed E-state index contributed by atoms with van der Waals surface area (Å²) >= 11 is 5.97. The van der Waals surface area contributed by atoms with Gasteiger partial charge in [-0.3, -0.25) is 0 Å². The molecule has 100 valence electrons. The maximum Gasteiger partial charge on any atom is 0.148 e. The molecule has 0 unspecified atom stereocenters. The Kier molecular flexibility index (Phi) is 3.85. The van der Waals surface area contributed by atoms with Gasteiger partial charge >= 0.3 is 0 Å². The standard InChI is InChI=1S/C13H14ClFN4/c1-3-10-17-12(16)7(2)13(18-10)19-11-8(14)5-4-6-9(11)15/h4-6H,3H2,1-2H3,(H3,16,17,18,19). The van der Waals surface area contributed by atoms with Gasteiger partial charge in [0, 0.05) is 12.0 Å². The lowest BCUT2D eigenvalue weighted by Gasteiger charge is -2.13. The molecule has 0 saturated carbocycles. The van der Waals surface area contributed by atoms with Crippen LogP contribution in [0.4, 0.5) is 21.7 Å². The lowest BCUT2D eigenvalue weighted by molar-refractivity contribution is 0.632. The number of aromatic nitrogens is 2. The molecule has 0 aliphatic carbocycles. The van der Waals surface area contributed by atoms with E-state index < -0.39 is 5.82 Å². The summed E-state index contributed by atoms with van der Waals surface area (Å²) in [5, 5.41) is 3.17. The molecule has 1 aromatic carbocycles. The van der Waals surface area contributed by atoms with Gasteiger partial charge in [0.15, 0.2) is 0 Å². The summed E-state index contributed by atoms with van der Waals surface area (Å²) in [6, 6.07) is 4.48. The summed E-state index contributed by atoms with van der Waals surface area (Å²) in [7, 11) is 0. The lowest BCUT2D eigenvalue weighted by atomic mass is 10.2. The molecule has 0 amide bonds. The van der Waals surface area contributed by atoms with Crippen molar-refractivity contribution < 1.29 is 4.39 Å². The third-order valence-electron chi connectivity index (χ3n) is 2.75. The number of hydrogen-bond donors (Lipinski definition) is 2. The normalized spacial score (nSPS) is 10.5. The van der Waals surface area contributed by atoms with E-state index in [9.17, 15) is 4.39 Å². The fraction of sp³-hybridized carbons (Fsp3) is 0.231. The topological polar surface area (TPSA) is 63.8 Å². The molecule has 2 rings (SSSR count). The van der Waals surface area contributed by atoms with Crippen LogP contribution in [0.5, 0.6) is 0 Å². The fourth-order valence-corrected chi connectivity index (χ4v) is 1.81. The van der Waals surface area contributed by atoms with Crippen LogP contribution in [0.1, 0.15) is 18.3 Å². The minimum atomic E-state index is -0.442. The van der Waals surface area contributed by atoms with Crippen molar-refractivity contribution >= 4 is 28.9 Å². The first-order valence-corrected chi connectivity index (χ1v) is 6.24. The van der Waals surface area contributed by atoms with Gasteiger partial charge in [-0.2, -0.15) is 0 Å². The zero-order chi connectivity index (χ0) is 14.0. The molecule has 0 atom stereocenters. The van der Waals surface area contributed by atoms with Gasteiger partial charge in [-0.1, -0.05) is 24.6 Å². The van der Waals surface area contributed by atoms with Crippen molar-refractivity contribution in [2.24, 2.45) is 0 Å². The van der Waals surface area contributed by atoms with Crippen LogP contribution in [0.25, 0.3) is 0 Å². The van der Waals surface area contributed by atoms with Crippen LogP contribution < -0.4 is 11.1 Å². The van der Waals surface area contributed by atoms with Crippen molar-refractivity contribution in [2.45, 2.75) is 20.3 Å². The number of nitrogens with one attached hydrogen (secondary N) is 1. The highest BCUT2D eigenvalue weighted by atomic mass is 35.5. The van der Waals surface area contributed by atoms with E-state index >= 15 is 0 Å². The van der Waals surface area contributed by atoms with Gasteiger partial charge in [0.05, 0.1) is 10.7 Å². The van der Waals surface area contributed by atoms with E-state index in [4.69, 9.17) is 17.3 Å². The second kappa shape index (κ2) is 5.40. The number of halogens is 2. The van der Waals surface area contributed by atoms with E-state index in [0.717, 1.165) is 0 Å². The summed E-state index contributed by atoms with van der Waals surface area (Å²) in [6.45, 7) is 3.69.